The highest BCUT2D eigenvalue weighted by molar-refractivity contribution is 8.02. The van der Waals surface area contributed by atoms with Gasteiger partial charge in [0.2, 0.25) is 17.7 Å². The van der Waals surface area contributed by atoms with E-state index in [1.165, 1.54) is 0 Å². The molecule has 3 heterocycles. The first-order valence-corrected chi connectivity index (χ1v) is 13.6. The third kappa shape index (κ3) is 4.06. The Hall–Kier alpha value is -2.06. The molecule has 7 nitrogen and oxygen atoms in total. The van der Waals surface area contributed by atoms with E-state index in [0.717, 1.165) is 29.7 Å². The smallest absolute Gasteiger partial charge is 0.248 e. The molecule has 1 aromatic rings. The molecule has 6 atom stereocenters. The topological polar surface area (TPSA) is 98.7 Å². The van der Waals surface area contributed by atoms with E-state index in [1.54, 1.807) is 16.7 Å². The van der Waals surface area contributed by atoms with Gasteiger partial charge in [-0.15, -0.1) is 11.8 Å². The molecule has 1 spiro atoms. The SMILES string of the molecule is CCCNC(=O)[C@@H]1[C@H]2C(=O)N([C@@H](CO)C(C)C)C(C(=O)Nc3cc(C)ccc3C)C23CC[C@@]1(C)S3. The molecule has 3 saturated heterocycles. The van der Waals surface area contributed by atoms with Crippen LogP contribution in [0.3, 0.4) is 0 Å². The van der Waals surface area contributed by atoms with Crippen LogP contribution in [0.1, 0.15) is 58.1 Å². The van der Waals surface area contributed by atoms with E-state index in [9.17, 15) is 19.5 Å². The minimum absolute atomic E-state index is 0.0414. The fraction of sp³-hybridized carbons (Fsp3) is 0.667. The average Bonchev–Trinajstić information content (AvgIpc) is 3.36. The molecular formula is C27H39N3O4S. The number of nitrogens with zero attached hydrogens (tertiary/aromatic N) is 1. The number of aryl methyl sites for hydroxylation is 2. The second-order valence-corrected chi connectivity index (χ2v) is 13.0. The highest BCUT2D eigenvalue weighted by Crippen LogP contribution is 2.71. The third-order valence-corrected chi connectivity index (χ3v) is 10.2. The predicted octanol–water partition coefficient (Wildman–Crippen LogP) is 3.27. The van der Waals surface area contributed by atoms with Crippen LogP contribution in [0.4, 0.5) is 5.69 Å². The van der Waals surface area contributed by atoms with Crippen LogP contribution in [-0.2, 0) is 14.4 Å². The summed E-state index contributed by atoms with van der Waals surface area (Å²) >= 11 is 1.66. The van der Waals surface area contributed by atoms with Crippen LogP contribution in [0.2, 0.25) is 0 Å². The molecule has 3 fully saturated rings. The molecular weight excluding hydrogens is 462 g/mol. The van der Waals surface area contributed by atoms with E-state index in [4.69, 9.17) is 0 Å². The Bertz CT molecular complexity index is 1030. The lowest BCUT2D eigenvalue weighted by atomic mass is 9.66. The van der Waals surface area contributed by atoms with Gasteiger partial charge in [-0.25, -0.2) is 0 Å². The molecule has 35 heavy (non-hydrogen) atoms. The molecule has 3 aliphatic heterocycles. The minimum atomic E-state index is -0.754. The molecule has 4 rings (SSSR count). The van der Waals surface area contributed by atoms with Crippen molar-refractivity contribution in [1.29, 1.82) is 0 Å². The van der Waals surface area contributed by atoms with Crippen molar-refractivity contribution in [2.24, 2.45) is 17.8 Å². The summed E-state index contributed by atoms with van der Waals surface area (Å²) in [7, 11) is 0. The molecule has 0 aromatic heterocycles. The van der Waals surface area contributed by atoms with Crippen molar-refractivity contribution >= 4 is 35.2 Å². The van der Waals surface area contributed by atoms with Gasteiger partial charge < -0.3 is 20.6 Å². The van der Waals surface area contributed by atoms with Crippen molar-refractivity contribution in [3.05, 3.63) is 29.3 Å². The van der Waals surface area contributed by atoms with Crippen molar-refractivity contribution in [2.75, 3.05) is 18.5 Å². The van der Waals surface area contributed by atoms with Crippen LogP contribution in [-0.4, -0.2) is 62.5 Å². The number of benzene rings is 1. The first kappa shape index (κ1) is 26.0. The zero-order chi connectivity index (χ0) is 25.7. The van der Waals surface area contributed by atoms with Crippen LogP contribution < -0.4 is 10.6 Å². The molecule has 3 aliphatic rings. The molecule has 0 aliphatic carbocycles. The zero-order valence-corrected chi connectivity index (χ0v) is 22.5. The minimum Gasteiger partial charge on any atom is -0.394 e. The van der Waals surface area contributed by atoms with Gasteiger partial charge in [-0.3, -0.25) is 14.4 Å². The van der Waals surface area contributed by atoms with E-state index in [2.05, 4.69) is 17.6 Å². The van der Waals surface area contributed by atoms with E-state index >= 15 is 0 Å². The maximum absolute atomic E-state index is 14.1. The van der Waals surface area contributed by atoms with Gasteiger partial charge in [0.05, 0.1) is 29.2 Å². The van der Waals surface area contributed by atoms with Crippen molar-refractivity contribution in [1.82, 2.24) is 10.2 Å². The van der Waals surface area contributed by atoms with Crippen LogP contribution in [0.5, 0.6) is 0 Å². The highest BCUT2D eigenvalue weighted by atomic mass is 32.2. The Morgan fingerprint density at radius 1 is 1.23 bits per heavy atom. The number of hydrogen-bond donors (Lipinski definition) is 3. The summed E-state index contributed by atoms with van der Waals surface area (Å²) in [6.45, 7) is 12.2. The third-order valence-electron chi connectivity index (χ3n) is 8.26. The number of nitrogens with one attached hydrogen (secondary N) is 2. The quantitative estimate of drug-likeness (QED) is 0.508. The number of thioether (sulfide) groups is 1. The Kier molecular flexibility index (Phi) is 7.01. The summed E-state index contributed by atoms with van der Waals surface area (Å²) in [5, 5.41) is 16.4. The van der Waals surface area contributed by atoms with Crippen molar-refractivity contribution in [3.63, 3.8) is 0 Å². The average molecular weight is 502 g/mol. The number of fused-ring (bicyclic) bond motifs is 1. The lowest BCUT2D eigenvalue weighted by Gasteiger charge is -2.38. The van der Waals surface area contributed by atoms with Crippen molar-refractivity contribution in [2.45, 2.75) is 82.4 Å². The number of amides is 3. The number of aliphatic hydroxyl groups is 1. The molecule has 192 valence electrons. The number of anilines is 1. The summed E-state index contributed by atoms with van der Waals surface area (Å²) in [6, 6.07) is 4.66. The standard InChI is InChI=1S/C27H39N3O4S/c1-7-12-28-23(32)20-21-25(34)30(19(14-31)15(2)3)22(27(21)11-10-26(20,6)35-27)24(33)29-18-13-16(4)8-9-17(18)5/h8-9,13,15,19-22,31H,7,10-12,14H2,1-6H3,(H,28,32)(H,29,33)/t19-,20-,21-,22?,26+,27?/m0/s1. The zero-order valence-electron chi connectivity index (χ0n) is 21.7. The highest BCUT2D eigenvalue weighted by Gasteiger charge is 2.77. The number of hydrogen-bond acceptors (Lipinski definition) is 5. The maximum atomic E-state index is 14.1. The fourth-order valence-electron chi connectivity index (χ4n) is 6.47. The van der Waals surface area contributed by atoms with Gasteiger partial charge in [0.25, 0.3) is 0 Å². The van der Waals surface area contributed by atoms with Crippen LogP contribution in [0, 0.1) is 31.6 Å². The van der Waals surface area contributed by atoms with E-state index in [0.29, 0.717) is 13.0 Å². The van der Waals surface area contributed by atoms with Crippen LogP contribution in [0.15, 0.2) is 18.2 Å². The van der Waals surface area contributed by atoms with E-state index in [-0.39, 0.29) is 30.2 Å². The van der Waals surface area contributed by atoms with Gasteiger partial charge in [0, 0.05) is 17.0 Å². The molecule has 1 aromatic carbocycles. The molecule has 0 radical (unpaired) electrons. The number of rotatable bonds is 8. The lowest BCUT2D eigenvalue weighted by molar-refractivity contribution is -0.143. The second kappa shape index (κ2) is 9.43. The monoisotopic (exact) mass is 501 g/mol. The predicted molar refractivity (Wildman–Crippen MR) is 139 cm³/mol. The van der Waals surface area contributed by atoms with Gasteiger partial charge in [-0.2, -0.15) is 0 Å². The normalized spacial score (nSPS) is 32.2. The number of carbonyl (C=O) groups is 3. The summed E-state index contributed by atoms with van der Waals surface area (Å²) < 4.78 is -1.08. The molecule has 2 unspecified atom stereocenters. The largest absolute Gasteiger partial charge is 0.394 e. The summed E-state index contributed by atoms with van der Waals surface area (Å²) in [5.74, 6) is -1.62. The van der Waals surface area contributed by atoms with Crippen molar-refractivity contribution < 1.29 is 19.5 Å². The number of carbonyl (C=O) groups excluding carboxylic acids is 3. The van der Waals surface area contributed by atoms with Gasteiger partial charge in [0.1, 0.15) is 6.04 Å². The van der Waals surface area contributed by atoms with Gasteiger partial charge >= 0.3 is 0 Å². The molecule has 3 amide bonds. The Balaban J connectivity index is 1.78. The van der Waals surface area contributed by atoms with Gasteiger partial charge in [-0.05, 0) is 63.1 Å². The lowest BCUT2D eigenvalue weighted by Crippen LogP contribution is -2.56. The van der Waals surface area contributed by atoms with Crippen LogP contribution in [0.25, 0.3) is 0 Å². The molecule has 8 heteroatoms. The van der Waals surface area contributed by atoms with Gasteiger partial charge in [0.15, 0.2) is 0 Å². The summed E-state index contributed by atoms with van der Waals surface area (Å²) in [6.07, 6.45) is 2.29. The van der Waals surface area contributed by atoms with E-state index in [1.807, 2.05) is 52.8 Å². The first-order chi connectivity index (χ1) is 16.5. The summed E-state index contributed by atoms with van der Waals surface area (Å²) in [5.41, 5.74) is 2.71. The number of likely N-dealkylation sites (tertiary alicyclic amines) is 1. The molecule has 3 N–H and O–H groups in total. The Morgan fingerprint density at radius 2 is 1.94 bits per heavy atom. The fourth-order valence-corrected chi connectivity index (χ4v) is 8.81. The number of aliphatic hydroxyl groups excluding tert-OH is 1. The summed E-state index contributed by atoms with van der Waals surface area (Å²) in [4.78, 5) is 43.2. The molecule has 2 bridgehead atoms. The van der Waals surface area contributed by atoms with Gasteiger partial charge in [-0.1, -0.05) is 32.9 Å². The maximum Gasteiger partial charge on any atom is 0.248 e. The second-order valence-electron chi connectivity index (χ2n) is 11.1. The first-order valence-electron chi connectivity index (χ1n) is 12.8. The molecule has 0 saturated carbocycles. The Morgan fingerprint density at radius 3 is 2.57 bits per heavy atom. The van der Waals surface area contributed by atoms with Crippen molar-refractivity contribution in [3.8, 4) is 0 Å². The van der Waals surface area contributed by atoms with E-state index < -0.39 is 33.4 Å². The Labute approximate surface area is 212 Å². The van der Waals surface area contributed by atoms with Crippen LogP contribution >= 0.6 is 11.8 Å².